The van der Waals surface area contributed by atoms with Crippen molar-refractivity contribution < 1.29 is 9.53 Å². The van der Waals surface area contributed by atoms with Gasteiger partial charge in [-0.1, -0.05) is 30.3 Å². The van der Waals surface area contributed by atoms with Crippen LogP contribution in [-0.4, -0.2) is 27.1 Å². The molecule has 0 radical (unpaired) electrons. The molecule has 0 aliphatic carbocycles. The number of fused-ring (bicyclic) bond motifs is 1. The zero-order valence-electron chi connectivity index (χ0n) is 18.7. The van der Waals surface area contributed by atoms with Crippen LogP contribution in [0.3, 0.4) is 0 Å². The minimum Gasteiger partial charge on any atom is -0.496 e. The molecular formula is C25H24N4O4. The summed E-state index contributed by atoms with van der Waals surface area (Å²) in [5.41, 5.74) is 2.34. The lowest BCUT2D eigenvalue weighted by Gasteiger charge is -2.15. The Kier molecular flexibility index (Phi) is 6.08. The fourth-order valence-corrected chi connectivity index (χ4v) is 3.74. The van der Waals surface area contributed by atoms with Crippen LogP contribution >= 0.6 is 0 Å². The SMILES string of the molecule is COc1ccccc1Cn1c(=O)c2cccnc2n(CC(=O)Nc2cc(C)ccc2C)c1=O. The van der Waals surface area contributed by atoms with Crippen molar-refractivity contribution in [3.05, 3.63) is 98.3 Å². The van der Waals surface area contributed by atoms with E-state index in [1.807, 2.05) is 44.2 Å². The molecule has 2 heterocycles. The van der Waals surface area contributed by atoms with E-state index in [1.165, 1.54) is 17.9 Å². The summed E-state index contributed by atoms with van der Waals surface area (Å²) in [7, 11) is 1.53. The topological polar surface area (TPSA) is 95.2 Å². The first-order valence-electron chi connectivity index (χ1n) is 10.5. The average molecular weight is 444 g/mol. The highest BCUT2D eigenvalue weighted by Crippen LogP contribution is 2.18. The molecule has 0 unspecified atom stereocenters. The Hall–Kier alpha value is -4.20. The quantitative estimate of drug-likeness (QED) is 0.493. The molecule has 0 saturated carbocycles. The monoisotopic (exact) mass is 444 g/mol. The fourth-order valence-electron chi connectivity index (χ4n) is 3.74. The minimum atomic E-state index is -0.617. The van der Waals surface area contributed by atoms with Crippen LogP contribution < -0.4 is 21.3 Å². The van der Waals surface area contributed by atoms with Crippen molar-refractivity contribution >= 4 is 22.6 Å². The second kappa shape index (κ2) is 9.12. The first-order valence-corrected chi connectivity index (χ1v) is 10.5. The summed E-state index contributed by atoms with van der Waals surface area (Å²) in [5, 5.41) is 3.12. The number of carbonyl (C=O) groups is 1. The summed E-state index contributed by atoms with van der Waals surface area (Å²) in [5.74, 6) is 0.176. The molecule has 0 saturated heterocycles. The number of hydrogen-bond donors (Lipinski definition) is 1. The Bertz CT molecular complexity index is 1470. The van der Waals surface area contributed by atoms with E-state index in [0.717, 1.165) is 15.7 Å². The van der Waals surface area contributed by atoms with Crippen molar-refractivity contribution in [1.29, 1.82) is 0 Å². The van der Waals surface area contributed by atoms with Crippen molar-refractivity contribution in [2.24, 2.45) is 0 Å². The van der Waals surface area contributed by atoms with Gasteiger partial charge in [-0.25, -0.2) is 9.78 Å². The Morgan fingerprint density at radius 1 is 1.03 bits per heavy atom. The van der Waals surface area contributed by atoms with Gasteiger partial charge >= 0.3 is 5.69 Å². The number of anilines is 1. The van der Waals surface area contributed by atoms with Crippen LogP contribution in [0.15, 0.2) is 70.4 Å². The molecule has 168 valence electrons. The van der Waals surface area contributed by atoms with Gasteiger partial charge in [-0.3, -0.25) is 18.7 Å². The van der Waals surface area contributed by atoms with Crippen molar-refractivity contribution in [3.63, 3.8) is 0 Å². The summed E-state index contributed by atoms with van der Waals surface area (Å²) < 4.78 is 7.70. The molecule has 0 aliphatic rings. The Morgan fingerprint density at radius 2 is 1.82 bits per heavy atom. The molecule has 4 aromatic rings. The molecule has 33 heavy (non-hydrogen) atoms. The van der Waals surface area contributed by atoms with Crippen molar-refractivity contribution in [2.75, 3.05) is 12.4 Å². The third-order valence-corrected chi connectivity index (χ3v) is 5.47. The molecule has 0 fully saturated rings. The van der Waals surface area contributed by atoms with Crippen LogP contribution in [0.2, 0.25) is 0 Å². The van der Waals surface area contributed by atoms with Gasteiger partial charge in [-0.15, -0.1) is 0 Å². The lowest BCUT2D eigenvalue weighted by molar-refractivity contribution is -0.116. The highest BCUT2D eigenvalue weighted by Gasteiger charge is 2.18. The molecule has 0 bridgehead atoms. The highest BCUT2D eigenvalue weighted by molar-refractivity contribution is 5.92. The van der Waals surface area contributed by atoms with Gasteiger partial charge in [0.2, 0.25) is 5.91 Å². The van der Waals surface area contributed by atoms with Crippen LogP contribution in [0.25, 0.3) is 11.0 Å². The summed E-state index contributed by atoms with van der Waals surface area (Å²) in [6.07, 6.45) is 1.49. The van der Waals surface area contributed by atoms with E-state index in [9.17, 15) is 14.4 Å². The molecule has 8 nitrogen and oxygen atoms in total. The maximum Gasteiger partial charge on any atom is 0.333 e. The van der Waals surface area contributed by atoms with Crippen molar-refractivity contribution in [2.45, 2.75) is 26.9 Å². The van der Waals surface area contributed by atoms with E-state index in [4.69, 9.17) is 4.74 Å². The van der Waals surface area contributed by atoms with Gasteiger partial charge in [0.15, 0.2) is 0 Å². The summed E-state index contributed by atoms with van der Waals surface area (Å²) in [4.78, 5) is 43.6. The first kappa shape index (κ1) is 22.0. The number of hydrogen-bond acceptors (Lipinski definition) is 5. The second-order valence-electron chi connectivity index (χ2n) is 7.81. The summed E-state index contributed by atoms with van der Waals surface area (Å²) in [6, 6.07) is 16.1. The standard InChI is InChI=1S/C25H24N4O4/c1-16-10-11-17(2)20(13-16)27-22(30)15-28-23-19(8-6-12-26-23)24(31)29(25(28)32)14-18-7-4-5-9-21(18)33-3/h4-13H,14-15H2,1-3H3,(H,27,30). The number of amides is 1. The number of rotatable bonds is 6. The number of nitrogens with zero attached hydrogens (tertiary/aromatic N) is 3. The molecular weight excluding hydrogens is 420 g/mol. The predicted molar refractivity (Wildman–Crippen MR) is 127 cm³/mol. The second-order valence-corrected chi connectivity index (χ2v) is 7.81. The van der Waals surface area contributed by atoms with Crippen LogP contribution in [0.5, 0.6) is 5.75 Å². The highest BCUT2D eigenvalue weighted by atomic mass is 16.5. The van der Waals surface area contributed by atoms with E-state index >= 15 is 0 Å². The molecule has 1 amide bonds. The molecule has 0 aliphatic heterocycles. The molecule has 2 aromatic heterocycles. The normalized spacial score (nSPS) is 10.9. The van der Waals surface area contributed by atoms with Gasteiger partial charge < -0.3 is 10.1 Å². The largest absolute Gasteiger partial charge is 0.496 e. The number of methoxy groups -OCH3 is 1. The van der Waals surface area contributed by atoms with Crippen LogP contribution in [-0.2, 0) is 17.9 Å². The van der Waals surface area contributed by atoms with Crippen molar-refractivity contribution in [3.8, 4) is 5.75 Å². The van der Waals surface area contributed by atoms with Gasteiger partial charge in [0.1, 0.15) is 17.9 Å². The van der Waals surface area contributed by atoms with E-state index in [0.29, 0.717) is 17.0 Å². The molecule has 8 heteroatoms. The Morgan fingerprint density at radius 3 is 2.61 bits per heavy atom. The number of pyridine rings is 1. The van der Waals surface area contributed by atoms with Gasteiger partial charge in [0.05, 0.1) is 19.0 Å². The number of aromatic nitrogens is 3. The van der Waals surface area contributed by atoms with E-state index < -0.39 is 11.2 Å². The molecule has 0 atom stereocenters. The predicted octanol–water partition coefficient (Wildman–Crippen LogP) is 2.87. The number of benzene rings is 2. The van der Waals surface area contributed by atoms with Crippen LogP contribution in [0.4, 0.5) is 5.69 Å². The summed E-state index contributed by atoms with van der Waals surface area (Å²) >= 11 is 0. The van der Waals surface area contributed by atoms with E-state index in [1.54, 1.807) is 24.3 Å². The zero-order chi connectivity index (χ0) is 23.5. The Labute approximate surface area is 190 Å². The number of aryl methyl sites for hydroxylation is 2. The fraction of sp³-hybridized carbons (Fsp3) is 0.200. The number of para-hydroxylation sites is 1. The number of nitrogens with one attached hydrogen (secondary N) is 1. The average Bonchev–Trinajstić information content (AvgIpc) is 2.82. The summed E-state index contributed by atoms with van der Waals surface area (Å²) in [6.45, 7) is 3.55. The number of ether oxygens (including phenoxy) is 1. The third kappa shape index (κ3) is 4.41. The lowest BCUT2D eigenvalue weighted by atomic mass is 10.1. The Balaban J connectivity index is 1.78. The van der Waals surface area contributed by atoms with E-state index in [2.05, 4.69) is 10.3 Å². The van der Waals surface area contributed by atoms with Crippen molar-refractivity contribution in [1.82, 2.24) is 14.1 Å². The van der Waals surface area contributed by atoms with Gasteiger partial charge in [0.25, 0.3) is 5.56 Å². The van der Waals surface area contributed by atoms with Crippen LogP contribution in [0.1, 0.15) is 16.7 Å². The van der Waals surface area contributed by atoms with E-state index in [-0.39, 0.29) is 30.0 Å². The minimum absolute atomic E-state index is 0.00508. The van der Waals surface area contributed by atoms with Gasteiger partial charge in [-0.2, -0.15) is 0 Å². The smallest absolute Gasteiger partial charge is 0.333 e. The maximum absolute atomic E-state index is 13.4. The first-order chi connectivity index (χ1) is 15.9. The molecule has 4 rings (SSSR count). The maximum atomic E-state index is 13.4. The zero-order valence-corrected chi connectivity index (χ0v) is 18.7. The molecule has 0 spiro atoms. The molecule has 1 N–H and O–H groups in total. The van der Waals surface area contributed by atoms with Gasteiger partial charge in [0, 0.05) is 17.4 Å². The number of carbonyl (C=O) groups excluding carboxylic acids is 1. The van der Waals surface area contributed by atoms with Gasteiger partial charge in [-0.05, 0) is 49.2 Å². The third-order valence-electron chi connectivity index (χ3n) is 5.47. The molecule has 2 aromatic carbocycles. The lowest BCUT2D eigenvalue weighted by Crippen LogP contribution is -2.42. The van der Waals surface area contributed by atoms with Crippen LogP contribution in [0, 0.1) is 13.8 Å².